The fourth-order valence-electron chi connectivity index (χ4n) is 2.52. The SMILES string of the molecule is COC(=O)c1ccc(CCC(C)NCC(O)c2ccccc2)cc1. The van der Waals surface area contributed by atoms with E-state index in [4.69, 9.17) is 4.74 Å². The first-order valence-corrected chi connectivity index (χ1v) is 8.24. The van der Waals surface area contributed by atoms with Crippen LogP contribution in [-0.4, -0.2) is 30.8 Å². The molecule has 0 aliphatic heterocycles. The molecule has 0 aromatic heterocycles. The maximum Gasteiger partial charge on any atom is 0.337 e. The van der Waals surface area contributed by atoms with Crippen LogP contribution in [0.4, 0.5) is 0 Å². The first-order valence-electron chi connectivity index (χ1n) is 8.24. The lowest BCUT2D eigenvalue weighted by molar-refractivity contribution is 0.0600. The second kappa shape index (κ2) is 9.21. The lowest BCUT2D eigenvalue weighted by atomic mass is 10.0. The number of aliphatic hydroxyl groups is 1. The van der Waals surface area contributed by atoms with E-state index >= 15 is 0 Å². The minimum Gasteiger partial charge on any atom is -0.465 e. The lowest BCUT2D eigenvalue weighted by Gasteiger charge is -2.17. The van der Waals surface area contributed by atoms with Crippen LogP contribution in [-0.2, 0) is 11.2 Å². The summed E-state index contributed by atoms with van der Waals surface area (Å²) >= 11 is 0. The summed E-state index contributed by atoms with van der Waals surface area (Å²) in [6, 6.07) is 17.5. The number of carbonyl (C=O) groups excluding carboxylic acids is 1. The Bertz CT molecular complexity index is 625. The number of hydrogen-bond acceptors (Lipinski definition) is 4. The van der Waals surface area contributed by atoms with E-state index < -0.39 is 6.10 Å². The molecule has 0 radical (unpaired) electrons. The van der Waals surface area contributed by atoms with Gasteiger partial charge in [0, 0.05) is 12.6 Å². The molecular weight excluding hydrogens is 302 g/mol. The Hall–Kier alpha value is -2.17. The van der Waals surface area contributed by atoms with Gasteiger partial charge >= 0.3 is 5.97 Å². The zero-order valence-electron chi connectivity index (χ0n) is 14.2. The highest BCUT2D eigenvalue weighted by atomic mass is 16.5. The maximum absolute atomic E-state index is 11.4. The first-order chi connectivity index (χ1) is 11.6. The van der Waals surface area contributed by atoms with Crippen molar-refractivity contribution in [3.05, 3.63) is 71.3 Å². The summed E-state index contributed by atoms with van der Waals surface area (Å²) in [5, 5.41) is 13.5. The Labute approximate surface area is 143 Å². The lowest BCUT2D eigenvalue weighted by Crippen LogP contribution is -2.30. The molecule has 0 bridgehead atoms. The molecule has 0 heterocycles. The molecule has 0 spiro atoms. The molecule has 24 heavy (non-hydrogen) atoms. The molecule has 2 rings (SSSR count). The number of rotatable bonds is 8. The topological polar surface area (TPSA) is 58.6 Å². The first kappa shape index (κ1) is 18.2. The Balaban J connectivity index is 1.75. The molecular formula is C20H25NO3. The Kier molecular flexibility index (Phi) is 6.97. The molecule has 2 atom stereocenters. The standard InChI is InChI=1S/C20H25NO3/c1-15(21-14-19(22)17-6-4-3-5-7-17)8-9-16-10-12-18(13-11-16)20(23)24-2/h3-7,10-13,15,19,21-22H,8-9,14H2,1-2H3. The monoisotopic (exact) mass is 327 g/mol. The highest BCUT2D eigenvalue weighted by Gasteiger charge is 2.09. The number of esters is 1. The number of aliphatic hydroxyl groups excluding tert-OH is 1. The van der Waals surface area contributed by atoms with E-state index in [0.717, 1.165) is 18.4 Å². The van der Waals surface area contributed by atoms with Gasteiger partial charge in [0.2, 0.25) is 0 Å². The molecule has 0 amide bonds. The van der Waals surface area contributed by atoms with Gasteiger partial charge in [0.15, 0.2) is 0 Å². The van der Waals surface area contributed by atoms with Crippen molar-refractivity contribution < 1.29 is 14.6 Å². The fraction of sp³-hybridized carbons (Fsp3) is 0.350. The molecule has 0 aliphatic rings. The maximum atomic E-state index is 11.4. The van der Waals surface area contributed by atoms with Crippen LogP contribution < -0.4 is 5.32 Å². The average molecular weight is 327 g/mol. The number of nitrogens with one attached hydrogen (secondary N) is 1. The molecule has 2 unspecified atom stereocenters. The van der Waals surface area contributed by atoms with Gasteiger partial charge in [-0.1, -0.05) is 42.5 Å². The van der Waals surface area contributed by atoms with Crippen molar-refractivity contribution in [1.29, 1.82) is 0 Å². The van der Waals surface area contributed by atoms with Crippen LogP contribution in [0, 0.1) is 0 Å². The van der Waals surface area contributed by atoms with Gasteiger partial charge in [0.05, 0.1) is 18.8 Å². The van der Waals surface area contributed by atoms with E-state index in [0.29, 0.717) is 18.2 Å². The van der Waals surface area contributed by atoms with Crippen molar-refractivity contribution in [3.8, 4) is 0 Å². The van der Waals surface area contributed by atoms with Crippen LogP contribution in [0.25, 0.3) is 0 Å². The van der Waals surface area contributed by atoms with Gasteiger partial charge < -0.3 is 15.2 Å². The zero-order valence-corrected chi connectivity index (χ0v) is 14.2. The molecule has 0 aliphatic carbocycles. The van der Waals surface area contributed by atoms with Gasteiger partial charge in [-0.15, -0.1) is 0 Å². The Morgan fingerprint density at radius 1 is 1.12 bits per heavy atom. The smallest absolute Gasteiger partial charge is 0.337 e. The molecule has 2 aromatic carbocycles. The zero-order chi connectivity index (χ0) is 17.4. The summed E-state index contributed by atoms with van der Waals surface area (Å²) in [6.45, 7) is 2.65. The van der Waals surface area contributed by atoms with Crippen LogP contribution in [0.5, 0.6) is 0 Å². The number of aryl methyl sites for hydroxylation is 1. The van der Waals surface area contributed by atoms with Crippen LogP contribution in [0.2, 0.25) is 0 Å². The number of hydrogen-bond donors (Lipinski definition) is 2. The fourth-order valence-corrected chi connectivity index (χ4v) is 2.52. The second-order valence-electron chi connectivity index (χ2n) is 5.96. The molecule has 4 nitrogen and oxygen atoms in total. The number of benzene rings is 2. The summed E-state index contributed by atoms with van der Waals surface area (Å²) in [4.78, 5) is 11.4. The van der Waals surface area contributed by atoms with E-state index in [1.807, 2.05) is 42.5 Å². The number of methoxy groups -OCH3 is 1. The normalized spacial score (nSPS) is 13.3. The second-order valence-corrected chi connectivity index (χ2v) is 5.96. The predicted octanol–water partition coefficient (Wildman–Crippen LogP) is 3.12. The molecule has 0 saturated carbocycles. The van der Waals surface area contributed by atoms with Crippen LogP contribution in [0.3, 0.4) is 0 Å². The van der Waals surface area contributed by atoms with Gasteiger partial charge in [-0.3, -0.25) is 0 Å². The molecule has 128 valence electrons. The minimum atomic E-state index is -0.493. The van der Waals surface area contributed by atoms with Crippen LogP contribution in [0.1, 0.15) is 40.9 Å². The summed E-state index contributed by atoms with van der Waals surface area (Å²) in [5.74, 6) is -0.313. The van der Waals surface area contributed by atoms with Crippen LogP contribution >= 0.6 is 0 Å². The van der Waals surface area contributed by atoms with Crippen molar-refractivity contribution in [2.24, 2.45) is 0 Å². The third-order valence-corrected chi connectivity index (χ3v) is 4.09. The summed E-state index contributed by atoms with van der Waals surface area (Å²) in [5.41, 5.74) is 2.67. The van der Waals surface area contributed by atoms with E-state index in [1.54, 1.807) is 12.1 Å². The van der Waals surface area contributed by atoms with E-state index in [2.05, 4.69) is 12.2 Å². The van der Waals surface area contributed by atoms with Crippen molar-refractivity contribution >= 4 is 5.97 Å². The van der Waals surface area contributed by atoms with Gasteiger partial charge in [-0.05, 0) is 43.0 Å². The van der Waals surface area contributed by atoms with Gasteiger partial charge in [0.25, 0.3) is 0 Å². The van der Waals surface area contributed by atoms with E-state index in [-0.39, 0.29) is 5.97 Å². The van der Waals surface area contributed by atoms with Gasteiger partial charge in [0.1, 0.15) is 0 Å². The highest BCUT2D eigenvalue weighted by Crippen LogP contribution is 2.12. The van der Waals surface area contributed by atoms with Crippen molar-refractivity contribution in [1.82, 2.24) is 5.32 Å². The predicted molar refractivity (Wildman–Crippen MR) is 95.0 cm³/mol. The van der Waals surface area contributed by atoms with Crippen molar-refractivity contribution in [2.45, 2.75) is 31.9 Å². The quantitative estimate of drug-likeness (QED) is 0.732. The summed E-state index contributed by atoms with van der Waals surface area (Å²) in [7, 11) is 1.38. The molecule has 2 N–H and O–H groups in total. The summed E-state index contributed by atoms with van der Waals surface area (Å²) in [6.07, 6.45) is 1.38. The molecule has 0 saturated heterocycles. The Morgan fingerprint density at radius 3 is 2.42 bits per heavy atom. The molecule has 2 aromatic rings. The minimum absolute atomic E-state index is 0.295. The highest BCUT2D eigenvalue weighted by molar-refractivity contribution is 5.89. The van der Waals surface area contributed by atoms with Gasteiger partial charge in [-0.25, -0.2) is 4.79 Å². The molecule has 4 heteroatoms. The number of ether oxygens (including phenoxy) is 1. The van der Waals surface area contributed by atoms with Crippen molar-refractivity contribution in [3.63, 3.8) is 0 Å². The largest absolute Gasteiger partial charge is 0.465 e. The Morgan fingerprint density at radius 2 is 1.79 bits per heavy atom. The number of carbonyl (C=O) groups is 1. The van der Waals surface area contributed by atoms with E-state index in [1.165, 1.54) is 12.7 Å². The third kappa shape index (κ3) is 5.48. The third-order valence-electron chi connectivity index (χ3n) is 4.09. The van der Waals surface area contributed by atoms with Crippen LogP contribution in [0.15, 0.2) is 54.6 Å². The summed E-state index contributed by atoms with van der Waals surface area (Å²) < 4.78 is 4.69. The average Bonchev–Trinajstić information content (AvgIpc) is 2.64. The van der Waals surface area contributed by atoms with Crippen molar-refractivity contribution in [2.75, 3.05) is 13.7 Å². The van der Waals surface area contributed by atoms with Gasteiger partial charge in [-0.2, -0.15) is 0 Å². The van der Waals surface area contributed by atoms with E-state index in [9.17, 15) is 9.90 Å². The molecule has 0 fully saturated rings.